The molecule has 0 saturated carbocycles. The first-order valence-electron chi connectivity index (χ1n) is 6.40. The van der Waals surface area contributed by atoms with Gasteiger partial charge in [0.15, 0.2) is 0 Å². The Labute approximate surface area is 114 Å². The first-order chi connectivity index (χ1) is 8.69. The number of nitrogens with zero attached hydrogens (tertiary/aromatic N) is 1. The van der Waals surface area contributed by atoms with Crippen molar-refractivity contribution in [3.05, 3.63) is 28.8 Å². The molecule has 0 unspecified atom stereocenters. The molecule has 1 N–H and O–H groups in total. The highest BCUT2D eigenvalue weighted by Crippen LogP contribution is 2.25. The highest BCUT2D eigenvalue weighted by atomic mass is 35.5. The number of benzene rings is 1. The van der Waals surface area contributed by atoms with E-state index in [4.69, 9.17) is 16.3 Å². The van der Waals surface area contributed by atoms with E-state index in [9.17, 15) is 0 Å². The number of rotatable bonds is 6. The van der Waals surface area contributed by atoms with Crippen molar-refractivity contribution in [2.75, 3.05) is 40.3 Å². The topological polar surface area (TPSA) is 24.5 Å². The molecule has 0 aromatic heterocycles. The van der Waals surface area contributed by atoms with Crippen LogP contribution in [0.1, 0.15) is 5.56 Å². The molecule has 0 amide bonds. The number of nitrogens with one attached hydrogen (secondary N) is 1. The van der Waals surface area contributed by atoms with E-state index in [1.165, 1.54) is 25.2 Å². The minimum atomic E-state index is 0.695. The van der Waals surface area contributed by atoms with E-state index in [1.54, 1.807) is 7.11 Å². The molecule has 0 aliphatic carbocycles. The van der Waals surface area contributed by atoms with Gasteiger partial charge in [-0.15, -0.1) is 0 Å². The van der Waals surface area contributed by atoms with Crippen molar-refractivity contribution < 1.29 is 4.74 Å². The second-order valence-corrected chi connectivity index (χ2v) is 5.41. The number of hydrogen-bond acceptors (Lipinski definition) is 3. The molecule has 1 heterocycles. The van der Waals surface area contributed by atoms with Crippen LogP contribution in [-0.4, -0.2) is 45.2 Å². The van der Waals surface area contributed by atoms with Gasteiger partial charge in [0.2, 0.25) is 0 Å². The average molecular weight is 269 g/mol. The lowest BCUT2D eigenvalue weighted by atomic mass is 10.0. The number of likely N-dealkylation sites (N-methyl/N-ethyl adjacent to an activating group) is 1. The van der Waals surface area contributed by atoms with Crippen LogP contribution in [0.4, 0.5) is 0 Å². The number of ether oxygens (including phenoxy) is 1. The highest BCUT2D eigenvalue weighted by molar-refractivity contribution is 6.32. The summed E-state index contributed by atoms with van der Waals surface area (Å²) < 4.78 is 5.15. The monoisotopic (exact) mass is 268 g/mol. The van der Waals surface area contributed by atoms with Crippen LogP contribution in [0.3, 0.4) is 0 Å². The minimum Gasteiger partial charge on any atom is -0.495 e. The molecule has 100 valence electrons. The van der Waals surface area contributed by atoms with Crippen molar-refractivity contribution in [3.63, 3.8) is 0 Å². The number of halogens is 1. The smallest absolute Gasteiger partial charge is 0.137 e. The highest BCUT2D eigenvalue weighted by Gasteiger charge is 2.18. The van der Waals surface area contributed by atoms with Gasteiger partial charge in [-0.25, -0.2) is 0 Å². The summed E-state index contributed by atoms with van der Waals surface area (Å²) in [5.41, 5.74) is 1.26. The summed E-state index contributed by atoms with van der Waals surface area (Å²) in [5.74, 6) is 1.57. The van der Waals surface area contributed by atoms with E-state index in [0.717, 1.165) is 24.6 Å². The minimum absolute atomic E-state index is 0.695. The summed E-state index contributed by atoms with van der Waals surface area (Å²) >= 11 is 6.11. The van der Waals surface area contributed by atoms with Crippen LogP contribution in [0, 0.1) is 5.92 Å². The molecule has 0 spiro atoms. The maximum Gasteiger partial charge on any atom is 0.137 e. The fourth-order valence-electron chi connectivity index (χ4n) is 2.19. The molecule has 0 radical (unpaired) electrons. The molecule has 4 heteroatoms. The first-order valence-corrected chi connectivity index (χ1v) is 6.78. The van der Waals surface area contributed by atoms with Crippen molar-refractivity contribution in [1.82, 2.24) is 10.2 Å². The SMILES string of the molecule is COc1ccc(CCN(C)CC2CNC2)cc1Cl. The van der Waals surface area contributed by atoms with Crippen LogP contribution >= 0.6 is 11.6 Å². The Morgan fingerprint density at radius 1 is 1.44 bits per heavy atom. The molecule has 0 bridgehead atoms. The second-order valence-electron chi connectivity index (χ2n) is 5.01. The van der Waals surface area contributed by atoms with Gasteiger partial charge in [-0.05, 0) is 37.1 Å². The normalized spacial score (nSPS) is 15.8. The fourth-order valence-corrected chi connectivity index (χ4v) is 2.48. The van der Waals surface area contributed by atoms with E-state index in [-0.39, 0.29) is 0 Å². The van der Waals surface area contributed by atoms with Crippen LogP contribution in [0.5, 0.6) is 5.75 Å². The van der Waals surface area contributed by atoms with Crippen LogP contribution < -0.4 is 10.1 Å². The van der Waals surface area contributed by atoms with E-state index in [1.807, 2.05) is 12.1 Å². The molecule has 1 saturated heterocycles. The Morgan fingerprint density at radius 2 is 2.22 bits per heavy atom. The van der Waals surface area contributed by atoms with Crippen molar-refractivity contribution in [2.45, 2.75) is 6.42 Å². The molecule has 2 rings (SSSR count). The molecular formula is C14H21ClN2O. The third-order valence-corrected chi connectivity index (χ3v) is 3.73. The molecule has 1 aromatic rings. The molecule has 0 atom stereocenters. The second kappa shape index (κ2) is 6.41. The van der Waals surface area contributed by atoms with Crippen molar-refractivity contribution >= 4 is 11.6 Å². The molecule has 3 nitrogen and oxygen atoms in total. The Bertz CT molecular complexity index is 393. The van der Waals surface area contributed by atoms with E-state index < -0.39 is 0 Å². The predicted molar refractivity (Wildman–Crippen MR) is 75.6 cm³/mol. The van der Waals surface area contributed by atoms with Crippen molar-refractivity contribution in [2.24, 2.45) is 5.92 Å². The zero-order chi connectivity index (χ0) is 13.0. The summed E-state index contributed by atoms with van der Waals surface area (Å²) in [6.07, 6.45) is 1.03. The molecule has 18 heavy (non-hydrogen) atoms. The lowest BCUT2D eigenvalue weighted by molar-refractivity contribution is 0.226. The Hall–Kier alpha value is -0.770. The third kappa shape index (κ3) is 3.61. The molecule has 1 aliphatic heterocycles. The maximum absolute atomic E-state index is 6.11. The quantitative estimate of drug-likeness (QED) is 0.855. The first kappa shape index (κ1) is 13.7. The predicted octanol–water partition coefficient (Wildman–Crippen LogP) is 2.04. The van der Waals surface area contributed by atoms with Crippen molar-refractivity contribution in [1.29, 1.82) is 0 Å². The van der Waals surface area contributed by atoms with Gasteiger partial charge < -0.3 is 15.0 Å². The van der Waals surface area contributed by atoms with Crippen LogP contribution in [0.2, 0.25) is 5.02 Å². The summed E-state index contributed by atoms with van der Waals surface area (Å²) in [4.78, 5) is 2.39. The molecular weight excluding hydrogens is 248 g/mol. The van der Waals surface area contributed by atoms with E-state index >= 15 is 0 Å². The average Bonchev–Trinajstić information content (AvgIpc) is 2.31. The number of methoxy groups -OCH3 is 1. The summed E-state index contributed by atoms with van der Waals surface area (Å²) in [6, 6.07) is 6.02. The van der Waals surface area contributed by atoms with Gasteiger partial charge in [-0.2, -0.15) is 0 Å². The van der Waals surface area contributed by atoms with Gasteiger partial charge in [0.1, 0.15) is 5.75 Å². The third-order valence-electron chi connectivity index (χ3n) is 3.43. The van der Waals surface area contributed by atoms with Gasteiger partial charge in [0, 0.05) is 26.2 Å². The molecule has 1 fully saturated rings. The zero-order valence-corrected chi connectivity index (χ0v) is 11.8. The lowest BCUT2D eigenvalue weighted by Gasteiger charge is -2.31. The summed E-state index contributed by atoms with van der Waals surface area (Å²) in [5, 5.41) is 4.00. The van der Waals surface area contributed by atoms with Gasteiger partial charge >= 0.3 is 0 Å². The number of hydrogen-bond donors (Lipinski definition) is 1. The molecule has 1 aromatic carbocycles. The zero-order valence-electron chi connectivity index (χ0n) is 11.1. The summed E-state index contributed by atoms with van der Waals surface area (Å²) in [7, 11) is 3.82. The fraction of sp³-hybridized carbons (Fsp3) is 0.571. The largest absolute Gasteiger partial charge is 0.495 e. The van der Waals surface area contributed by atoms with Gasteiger partial charge in [0.05, 0.1) is 12.1 Å². The Morgan fingerprint density at radius 3 is 2.78 bits per heavy atom. The summed E-state index contributed by atoms with van der Waals surface area (Å²) in [6.45, 7) is 4.58. The lowest BCUT2D eigenvalue weighted by Crippen LogP contribution is -2.47. The molecule has 1 aliphatic rings. The van der Waals surface area contributed by atoms with Crippen LogP contribution in [0.25, 0.3) is 0 Å². The standard InChI is InChI=1S/C14H21ClN2O/c1-17(10-12-8-16-9-12)6-5-11-3-4-14(18-2)13(15)7-11/h3-4,7,12,16H,5-6,8-10H2,1-2H3. The van der Waals surface area contributed by atoms with E-state index in [2.05, 4.69) is 23.3 Å². The van der Waals surface area contributed by atoms with Crippen molar-refractivity contribution in [3.8, 4) is 5.75 Å². The van der Waals surface area contributed by atoms with Gasteiger partial charge in [0.25, 0.3) is 0 Å². The van der Waals surface area contributed by atoms with Gasteiger partial charge in [-0.1, -0.05) is 17.7 Å². The van der Waals surface area contributed by atoms with E-state index in [0.29, 0.717) is 5.02 Å². The van der Waals surface area contributed by atoms with Crippen LogP contribution in [-0.2, 0) is 6.42 Å². The Balaban J connectivity index is 1.79. The maximum atomic E-state index is 6.11. The Kier molecular flexibility index (Phi) is 4.87. The van der Waals surface area contributed by atoms with Gasteiger partial charge in [-0.3, -0.25) is 0 Å². The van der Waals surface area contributed by atoms with Crippen LogP contribution in [0.15, 0.2) is 18.2 Å².